The number of esters is 1. The number of nitro benzene ring substituents is 1. The molecule has 1 aromatic carbocycles. The van der Waals surface area contributed by atoms with E-state index in [4.69, 9.17) is 19.5 Å². The molecule has 3 rings (SSSR count). The number of hydrogen-bond donors (Lipinski definition) is 3. The molecule has 0 aliphatic carbocycles. The highest BCUT2D eigenvalue weighted by molar-refractivity contribution is 7.51. The van der Waals surface area contributed by atoms with Gasteiger partial charge in [-0.1, -0.05) is 6.58 Å². The van der Waals surface area contributed by atoms with Gasteiger partial charge in [0.2, 0.25) is 12.2 Å². The molecule has 2 aliphatic rings. The van der Waals surface area contributed by atoms with Gasteiger partial charge in [0.1, 0.15) is 24.3 Å². The quantitative estimate of drug-likeness (QED) is 0.151. The molecular formula is C20H25F2N6O9P. The van der Waals surface area contributed by atoms with Crippen molar-refractivity contribution in [1.29, 1.82) is 0 Å². The Morgan fingerprint density at radius 3 is 2.66 bits per heavy atom. The number of rotatable bonds is 11. The average Bonchev–Trinajstić information content (AvgIpc) is 3.09. The number of nitrogens with one attached hydrogen (secondary N) is 1. The van der Waals surface area contributed by atoms with Crippen molar-refractivity contribution in [2.24, 2.45) is 15.7 Å². The molecule has 1 saturated heterocycles. The summed E-state index contributed by atoms with van der Waals surface area (Å²) in [5, 5.41) is 23.4. The predicted octanol–water partition coefficient (Wildman–Crippen LogP) is 1.24. The number of hydrogen-bond acceptors (Lipinski definition) is 13. The number of carbonyl (C=O) groups excluding carboxylic acids is 1. The van der Waals surface area contributed by atoms with Gasteiger partial charge in [-0.25, -0.2) is 14.6 Å². The van der Waals surface area contributed by atoms with E-state index in [1.165, 1.54) is 31.2 Å². The number of nitro groups is 1. The molecule has 1 aromatic rings. The number of aliphatic hydroxyl groups excluding tert-OH is 1. The highest BCUT2D eigenvalue weighted by Crippen LogP contribution is 2.47. The Morgan fingerprint density at radius 1 is 1.42 bits per heavy atom. The van der Waals surface area contributed by atoms with Crippen LogP contribution in [0.4, 0.5) is 14.5 Å². The number of nitrogens with zero attached hydrogens (tertiary/aromatic N) is 4. The molecule has 0 spiro atoms. The van der Waals surface area contributed by atoms with Gasteiger partial charge in [0.05, 0.1) is 25.2 Å². The maximum atomic E-state index is 14.9. The van der Waals surface area contributed by atoms with Crippen LogP contribution in [-0.2, 0) is 34.5 Å². The number of methoxy groups -OCH3 is 1. The van der Waals surface area contributed by atoms with Gasteiger partial charge >= 0.3 is 19.6 Å². The number of carbonyl (C=O) groups is 1. The van der Waals surface area contributed by atoms with Gasteiger partial charge in [-0.3, -0.25) is 28.9 Å². The summed E-state index contributed by atoms with van der Waals surface area (Å²) in [7, 11) is -3.36. The van der Waals surface area contributed by atoms with Crippen molar-refractivity contribution < 1.29 is 46.7 Å². The molecular weight excluding hydrogens is 537 g/mol. The van der Waals surface area contributed by atoms with E-state index >= 15 is 0 Å². The van der Waals surface area contributed by atoms with Gasteiger partial charge < -0.3 is 20.3 Å². The van der Waals surface area contributed by atoms with E-state index in [-0.39, 0.29) is 17.5 Å². The zero-order valence-electron chi connectivity index (χ0n) is 20.1. The Kier molecular flexibility index (Phi) is 8.91. The topological polar surface area (TPSA) is 200 Å². The molecule has 15 nitrogen and oxygen atoms in total. The second kappa shape index (κ2) is 11.6. The van der Waals surface area contributed by atoms with E-state index in [1.807, 2.05) is 0 Å². The van der Waals surface area contributed by atoms with Gasteiger partial charge in [-0.05, 0) is 24.6 Å². The molecule has 4 N–H and O–H groups in total. The first-order valence-corrected chi connectivity index (χ1v) is 12.4. The van der Waals surface area contributed by atoms with Crippen molar-refractivity contribution in [3.63, 3.8) is 0 Å². The smallest absolute Gasteiger partial charge is 0.406 e. The van der Waals surface area contributed by atoms with Crippen molar-refractivity contribution in [3.05, 3.63) is 52.3 Å². The number of nitrogens with two attached hydrogens (primary N) is 1. The third-order valence-corrected chi connectivity index (χ3v) is 7.01. The summed E-state index contributed by atoms with van der Waals surface area (Å²) in [5.74, 6) is -5.15. The maximum Gasteiger partial charge on any atom is 0.406 e. The van der Waals surface area contributed by atoms with Crippen molar-refractivity contribution in [1.82, 2.24) is 9.99 Å². The number of aliphatic imine (C=N–C) groups is 2. The lowest BCUT2D eigenvalue weighted by Gasteiger charge is -2.30. The summed E-state index contributed by atoms with van der Waals surface area (Å²) in [6.45, 7) is 3.51. The van der Waals surface area contributed by atoms with Gasteiger partial charge in [-0.15, -0.1) is 0 Å². The highest BCUT2D eigenvalue weighted by Gasteiger charge is 2.61. The molecule has 0 saturated carbocycles. The summed E-state index contributed by atoms with van der Waals surface area (Å²) in [6, 6.07) is 3.83. The summed E-state index contributed by atoms with van der Waals surface area (Å²) >= 11 is 0. The summed E-state index contributed by atoms with van der Waals surface area (Å²) in [4.78, 5) is 30.1. The highest BCUT2D eigenvalue weighted by atomic mass is 31.2. The Hall–Kier alpha value is -3.34. The third-order valence-electron chi connectivity index (χ3n) is 5.35. The first-order valence-electron chi connectivity index (χ1n) is 10.8. The van der Waals surface area contributed by atoms with Crippen LogP contribution in [-0.4, -0.2) is 77.3 Å². The maximum absolute atomic E-state index is 14.9. The summed E-state index contributed by atoms with van der Waals surface area (Å²) in [6.07, 6.45) is -5.32. The van der Waals surface area contributed by atoms with Gasteiger partial charge in [0, 0.05) is 12.1 Å². The van der Waals surface area contributed by atoms with Gasteiger partial charge in [-0.2, -0.15) is 13.8 Å². The minimum atomic E-state index is -4.45. The number of aliphatic hydroxyl groups is 1. The van der Waals surface area contributed by atoms with E-state index < -0.39 is 62.3 Å². The van der Waals surface area contributed by atoms with E-state index in [0.29, 0.717) is 5.56 Å². The number of ether oxygens (including phenoxy) is 2. The molecule has 38 heavy (non-hydrogen) atoms. The fourth-order valence-electron chi connectivity index (χ4n) is 3.33. The fraction of sp³-hybridized carbons (Fsp3) is 0.450. The van der Waals surface area contributed by atoms with Crippen LogP contribution in [0.1, 0.15) is 12.5 Å². The second-order valence-corrected chi connectivity index (χ2v) is 9.82. The second-order valence-electron chi connectivity index (χ2n) is 8.05. The lowest BCUT2D eigenvalue weighted by Crippen LogP contribution is -2.49. The molecule has 18 heteroatoms. The molecule has 0 aromatic heterocycles. The van der Waals surface area contributed by atoms with Crippen LogP contribution in [0.25, 0.3) is 0 Å². The molecule has 0 radical (unpaired) electrons. The number of alkyl halides is 2. The Balaban J connectivity index is 1.73. The van der Waals surface area contributed by atoms with Crippen LogP contribution in [0.5, 0.6) is 0 Å². The number of halogens is 2. The SMILES string of the molecule is C=C1N=C(N)N=CN1[C@@H]1O[C@H](COP(=O)(N[C@@H](C)C(=O)OC)OCc2ccc([N+](=O)[O-])cc2)[C@H](O)C1(F)F. The zero-order valence-corrected chi connectivity index (χ0v) is 21.0. The van der Waals surface area contributed by atoms with E-state index in [2.05, 4.69) is 26.4 Å². The molecule has 2 aliphatic heterocycles. The van der Waals surface area contributed by atoms with Crippen molar-refractivity contribution in [2.75, 3.05) is 13.7 Å². The van der Waals surface area contributed by atoms with Crippen LogP contribution < -0.4 is 10.8 Å². The molecule has 1 fully saturated rings. The molecule has 0 bridgehead atoms. The number of non-ortho nitro benzene ring substituents is 1. The average molecular weight is 562 g/mol. The van der Waals surface area contributed by atoms with Crippen LogP contribution in [0.2, 0.25) is 0 Å². The zero-order chi connectivity index (χ0) is 28.3. The summed E-state index contributed by atoms with van der Waals surface area (Å²) in [5.41, 5.74) is 5.57. The summed E-state index contributed by atoms with van der Waals surface area (Å²) < 4.78 is 63.6. The minimum absolute atomic E-state index is 0.191. The van der Waals surface area contributed by atoms with Crippen LogP contribution >= 0.6 is 7.75 Å². The molecule has 208 valence electrons. The van der Waals surface area contributed by atoms with E-state index in [9.17, 15) is 33.4 Å². The monoisotopic (exact) mass is 562 g/mol. The number of guanidine groups is 1. The van der Waals surface area contributed by atoms with E-state index in [0.717, 1.165) is 18.3 Å². The first-order chi connectivity index (χ1) is 17.8. The van der Waals surface area contributed by atoms with Gasteiger partial charge in [0.25, 0.3) is 5.69 Å². The van der Waals surface area contributed by atoms with Crippen molar-refractivity contribution in [3.8, 4) is 0 Å². The largest absolute Gasteiger partial charge is 0.468 e. The normalized spacial score (nSPS) is 25.0. The van der Waals surface area contributed by atoms with E-state index in [1.54, 1.807) is 0 Å². The molecule has 2 heterocycles. The minimum Gasteiger partial charge on any atom is -0.468 e. The molecule has 5 atom stereocenters. The lowest BCUT2D eigenvalue weighted by atomic mass is 10.1. The lowest BCUT2D eigenvalue weighted by molar-refractivity contribution is -0.384. The van der Waals surface area contributed by atoms with Crippen molar-refractivity contribution in [2.45, 2.75) is 43.9 Å². The first kappa shape index (κ1) is 29.2. The molecule has 1 unspecified atom stereocenters. The van der Waals surface area contributed by atoms with Crippen molar-refractivity contribution >= 4 is 31.7 Å². The van der Waals surface area contributed by atoms with Crippen LogP contribution in [0.3, 0.4) is 0 Å². The molecule has 0 amide bonds. The Labute approximate surface area is 214 Å². The van der Waals surface area contributed by atoms with Crippen LogP contribution in [0.15, 0.2) is 46.7 Å². The third kappa shape index (κ3) is 6.56. The van der Waals surface area contributed by atoms with Crippen LogP contribution in [0, 0.1) is 10.1 Å². The predicted molar refractivity (Wildman–Crippen MR) is 127 cm³/mol. The Bertz CT molecular complexity index is 1180. The fourth-order valence-corrected chi connectivity index (χ4v) is 4.80. The Morgan fingerprint density at radius 2 is 2.08 bits per heavy atom. The standard InChI is InChI=1S/C20H25F2N6O9P/c1-11(17(30)34-3)26-38(33,35-8-13-4-6-14(7-5-13)28(31)32)36-9-15-16(29)20(21,22)18(37-15)27-10-24-19(23)25-12(27)2/h4-7,10-11,15-16,18,29H,2,8-9H2,1,3H3,(H2,23,25)(H,26,33)/t11-,15+,16-,18+,38?/m0/s1. The number of benzene rings is 1. The van der Waals surface area contributed by atoms with Gasteiger partial charge in [0.15, 0.2) is 6.10 Å².